The lowest BCUT2D eigenvalue weighted by Crippen LogP contribution is -2.28. The average Bonchev–Trinajstić information content (AvgIpc) is 2.36. The van der Waals surface area contributed by atoms with Gasteiger partial charge in [0.1, 0.15) is 0 Å². The van der Waals surface area contributed by atoms with Crippen LogP contribution in [-0.2, 0) is 9.88 Å². The molecule has 1 aliphatic rings. The van der Waals surface area contributed by atoms with E-state index in [4.69, 9.17) is 4.89 Å². The van der Waals surface area contributed by atoms with E-state index in [1.165, 1.54) is 0 Å². The lowest BCUT2D eigenvalue weighted by Gasteiger charge is -2.16. The van der Waals surface area contributed by atoms with Gasteiger partial charge in [-0.25, -0.2) is 4.99 Å². The van der Waals surface area contributed by atoms with Gasteiger partial charge in [-0.15, -0.1) is 0 Å². The van der Waals surface area contributed by atoms with Crippen LogP contribution in [0.2, 0.25) is 0 Å². The van der Waals surface area contributed by atoms with Crippen molar-refractivity contribution in [2.75, 3.05) is 0 Å². The van der Waals surface area contributed by atoms with Crippen LogP contribution in [0, 0.1) is 0 Å². The molecule has 0 amide bonds. The third-order valence-electron chi connectivity index (χ3n) is 1.73. The SMILES string of the molecule is CCC1(CC)C=NOO1. The molecular weight excluding hydrogens is 118 g/mol. The van der Waals surface area contributed by atoms with Crippen molar-refractivity contribution in [1.82, 2.24) is 0 Å². The summed E-state index contributed by atoms with van der Waals surface area (Å²) in [7, 11) is 0. The topological polar surface area (TPSA) is 30.8 Å². The zero-order valence-electron chi connectivity index (χ0n) is 5.76. The van der Waals surface area contributed by atoms with Crippen molar-refractivity contribution in [2.45, 2.75) is 32.3 Å². The van der Waals surface area contributed by atoms with E-state index in [-0.39, 0.29) is 5.60 Å². The summed E-state index contributed by atoms with van der Waals surface area (Å²) in [6.45, 7) is 4.09. The summed E-state index contributed by atoms with van der Waals surface area (Å²) in [5.41, 5.74) is -0.236. The van der Waals surface area contributed by atoms with E-state index in [2.05, 4.69) is 10.1 Å². The van der Waals surface area contributed by atoms with E-state index in [1.807, 2.05) is 13.8 Å². The van der Waals surface area contributed by atoms with Gasteiger partial charge in [0.15, 0.2) is 5.60 Å². The number of rotatable bonds is 2. The van der Waals surface area contributed by atoms with Crippen molar-refractivity contribution in [3.8, 4) is 0 Å². The first-order chi connectivity index (χ1) is 4.33. The molecule has 0 aliphatic carbocycles. The molecule has 0 spiro atoms. The summed E-state index contributed by atoms with van der Waals surface area (Å²) in [5.74, 6) is 0. The van der Waals surface area contributed by atoms with Crippen molar-refractivity contribution in [3.05, 3.63) is 0 Å². The van der Waals surface area contributed by atoms with Crippen molar-refractivity contribution in [1.29, 1.82) is 0 Å². The molecule has 52 valence electrons. The van der Waals surface area contributed by atoms with Crippen LogP contribution >= 0.6 is 0 Å². The molecule has 0 aromatic carbocycles. The Labute approximate surface area is 54.6 Å². The summed E-state index contributed by atoms with van der Waals surface area (Å²) in [5, 5.41) is 3.53. The predicted molar refractivity (Wildman–Crippen MR) is 34.0 cm³/mol. The van der Waals surface area contributed by atoms with E-state index >= 15 is 0 Å². The quantitative estimate of drug-likeness (QED) is 0.529. The van der Waals surface area contributed by atoms with Gasteiger partial charge in [-0.1, -0.05) is 19.0 Å². The first-order valence-corrected chi connectivity index (χ1v) is 3.22. The Morgan fingerprint density at radius 3 is 2.33 bits per heavy atom. The largest absolute Gasteiger partial charge is 0.220 e. The van der Waals surface area contributed by atoms with Crippen LogP contribution in [0.4, 0.5) is 0 Å². The first-order valence-electron chi connectivity index (χ1n) is 3.22. The summed E-state index contributed by atoms with van der Waals surface area (Å²) >= 11 is 0. The molecule has 0 unspecified atom stereocenters. The molecule has 3 nitrogen and oxygen atoms in total. The molecule has 9 heavy (non-hydrogen) atoms. The van der Waals surface area contributed by atoms with E-state index in [0.29, 0.717) is 0 Å². The van der Waals surface area contributed by atoms with Gasteiger partial charge in [0, 0.05) is 0 Å². The number of hydrogen-bond acceptors (Lipinski definition) is 3. The molecule has 0 saturated carbocycles. The fraction of sp³-hybridized carbons (Fsp3) is 0.833. The Hall–Kier alpha value is -0.570. The Kier molecular flexibility index (Phi) is 1.71. The summed E-state index contributed by atoms with van der Waals surface area (Å²) in [6.07, 6.45) is 3.53. The molecule has 3 heteroatoms. The second-order valence-electron chi connectivity index (χ2n) is 2.16. The molecule has 0 N–H and O–H groups in total. The van der Waals surface area contributed by atoms with Crippen molar-refractivity contribution < 1.29 is 9.88 Å². The molecule has 0 radical (unpaired) electrons. The Bertz CT molecular complexity index is 118. The Morgan fingerprint density at radius 1 is 1.44 bits per heavy atom. The normalized spacial score (nSPS) is 22.0. The third kappa shape index (κ3) is 1.05. The van der Waals surface area contributed by atoms with Gasteiger partial charge in [0.2, 0.25) is 0 Å². The highest BCUT2D eigenvalue weighted by Gasteiger charge is 2.31. The molecule has 0 aromatic heterocycles. The molecular formula is C6H11NO2. The van der Waals surface area contributed by atoms with Gasteiger partial charge < -0.3 is 0 Å². The second kappa shape index (κ2) is 2.35. The zero-order chi connectivity index (χ0) is 6.74. The van der Waals surface area contributed by atoms with Gasteiger partial charge in [-0.05, 0) is 12.8 Å². The maximum Gasteiger partial charge on any atom is 0.155 e. The molecule has 0 atom stereocenters. The highest BCUT2D eigenvalue weighted by molar-refractivity contribution is 5.68. The van der Waals surface area contributed by atoms with E-state index in [0.717, 1.165) is 12.8 Å². The van der Waals surface area contributed by atoms with Gasteiger partial charge in [-0.2, -0.15) is 4.89 Å². The molecule has 1 aliphatic heterocycles. The van der Waals surface area contributed by atoms with Gasteiger partial charge in [0.25, 0.3) is 0 Å². The summed E-state index contributed by atoms with van der Waals surface area (Å²) in [6, 6.07) is 0. The highest BCUT2D eigenvalue weighted by atomic mass is 17.3. The first kappa shape index (κ1) is 6.55. The molecule has 0 saturated heterocycles. The van der Waals surface area contributed by atoms with Crippen LogP contribution in [0.5, 0.6) is 0 Å². The maximum absolute atomic E-state index is 4.92. The van der Waals surface area contributed by atoms with Crippen LogP contribution < -0.4 is 0 Å². The van der Waals surface area contributed by atoms with Crippen molar-refractivity contribution in [2.24, 2.45) is 5.16 Å². The highest BCUT2D eigenvalue weighted by Crippen LogP contribution is 2.22. The van der Waals surface area contributed by atoms with E-state index in [9.17, 15) is 0 Å². The standard InChI is InChI=1S/C6H11NO2/c1-3-6(4-2)5-7-9-8-6/h5H,3-4H2,1-2H3. The fourth-order valence-electron chi connectivity index (χ4n) is 0.785. The van der Waals surface area contributed by atoms with Crippen LogP contribution in [-0.4, -0.2) is 11.8 Å². The summed E-state index contributed by atoms with van der Waals surface area (Å²) < 4.78 is 0. The monoisotopic (exact) mass is 129 g/mol. The van der Waals surface area contributed by atoms with Gasteiger partial charge in [0.05, 0.1) is 6.21 Å². The van der Waals surface area contributed by atoms with Crippen molar-refractivity contribution in [3.63, 3.8) is 0 Å². The van der Waals surface area contributed by atoms with E-state index in [1.54, 1.807) is 6.21 Å². The number of oxime groups is 1. The van der Waals surface area contributed by atoms with Crippen LogP contribution in [0.15, 0.2) is 5.16 Å². The molecule has 1 rings (SSSR count). The minimum atomic E-state index is -0.236. The molecule has 0 fully saturated rings. The lowest BCUT2D eigenvalue weighted by molar-refractivity contribution is -0.324. The fourth-order valence-corrected chi connectivity index (χ4v) is 0.785. The minimum absolute atomic E-state index is 0.236. The number of nitrogens with zero attached hydrogens (tertiary/aromatic N) is 1. The number of hydrogen-bond donors (Lipinski definition) is 0. The lowest BCUT2D eigenvalue weighted by atomic mass is 10.00. The Balaban J connectivity index is 2.57. The van der Waals surface area contributed by atoms with Gasteiger partial charge in [-0.3, -0.25) is 0 Å². The molecule has 0 bridgehead atoms. The molecule has 0 aromatic rings. The van der Waals surface area contributed by atoms with Gasteiger partial charge >= 0.3 is 0 Å². The average molecular weight is 129 g/mol. The van der Waals surface area contributed by atoms with E-state index < -0.39 is 0 Å². The molecule has 1 heterocycles. The second-order valence-corrected chi connectivity index (χ2v) is 2.16. The Morgan fingerprint density at radius 2 is 2.11 bits per heavy atom. The van der Waals surface area contributed by atoms with Crippen molar-refractivity contribution >= 4 is 6.21 Å². The zero-order valence-corrected chi connectivity index (χ0v) is 5.76. The minimum Gasteiger partial charge on any atom is -0.220 e. The predicted octanol–water partition coefficient (Wildman–Crippen LogP) is 1.49. The summed E-state index contributed by atoms with van der Waals surface area (Å²) in [4.78, 5) is 9.33. The van der Waals surface area contributed by atoms with Crippen LogP contribution in [0.1, 0.15) is 26.7 Å². The van der Waals surface area contributed by atoms with Crippen LogP contribution in [0.3, 0.4) is 0 Å². The van der Waals surface area contributed by atoms with Crippen LogP contribution in [0.25, 0.3) is 0 Å². The maximum atomic E-state index is 4.92. The smallest absolute Gasteiger partial charge is 0.155 e. The third-order valence-corrected chi connectivity index (χ3v) is 1.73.